The topological polar surface area (TPSA) is 60.7 Å². The van der Waals surface area contributed by atoms with Gasteiger partial charge < -0.3 is 19.2 Å². The lowest BCUT2D eigenvalue weighted by molar-refractivity contribution is -0.274. The molecule has 27 heavy (non-hydrogen) atoms. The molecule has 1 amide bonds. The maximum Gasteiger partial charge on any atom is 0.573 e. The van der Waals surface area contributed by atoms with Crippen molar-refractivity contribution in [1.82, 2.24) is 0 Å². The SMILES string of the molecule is O=C(Nc1cccc(OC(F)(F)F)c1)c1occc1COc1ccccc1. The van der Waals surface area contributed by atoms with Crippen LogP contribution in [-0.4, -0.2) is 12.3 Å². The van der Waals surface area contributed by atoms with Crippen molar-refractivity contribution >= 4 is 11.6 Å². The van der Waals surface area contributed by atoms with Gasteiger partial charge in [-0.15, -0.1) is 13.2 Å². The van der Waals surface area contributed by atoms with Gasteiger partial charge in [0.25, 0.3) is 5.91 Å². The number of carbonyl (C=O) groups excluding carboxylic acids is 1. The Morgan fingerprint density at radius 3 is 2.48 bits per heavy atom. The first-order chi connectivity index (χ1) is 12.9. The normalized spacial score (nSPS) is 11.1. The van der Waals surface area contributed by atoms with Crippen LogP contribution in [0.4, 0.5) is 18.9 Å². The first-order valence-electron chi connectivity index (χ1n) is 7.82. The van der Waals surface area contributed by atoms with E-state index in [1.807, 2.05) is 18.2 Å². The van der Waals surface area contributed by atoms with Crippen molar-refractivity contribution in [2.45, 2.75) is 13.0 Å². The molecule has 1 aromatic heterocycles. The Hall–Kier alpha value is -3.42. The zero-order valence-corrected chi connectivity index (χ0v) is 13.8. The second kappa shape index (κ2) is 7.86. The highest BCUT2D eigenvalue weighted by atomic mass is 19.4. The number of nitrogens with one attached hydrogen (secondary N) is 1. The molecule has 0 saturated carbocycles. The average molecular weight is 377 g/mol. The number of hydrogen-bond acceptors (Lipinski definition) is 4. The minimum absolute atomic E-state index is 0.00748. The number of hydrogen-bond donors (Lipinski definition) is 1. The Morgan fingerprint density at radius 2 is 1.74 bits per heavy atom. The first kappa shape index (κ1) is 18.4. The van der Waals surface area contributed by atoms with Crippen LogP contribution in [0.25, 0.3) is 0 Å². The highest BCUT2D eigenvalue weighted by molar-refractivity contribution is 6.03. The molecule has 0 aliphatic heterocycles. The van der Waals surface area contributed by atoms with E-state index in [0.717, 1.165) is 12.1 Å². The lowest BCUT2D eigenvalue weighted by Crippen LogP contribution is -2.17. The standard InChI is InChI=1S/C19H14F3NO4/c20-19(21,22)27-16-8-4-5-14(11-16)23-18(24)17-13(9-10-25-17)12-26-15-6-2-1-3-7-15/h1-11H,12H2,(H,23,24). The summed E-state index contributed by atoms with van der Waals surface area (Å²) >= 11 is 0. The first-order valence-corrected chi connectivity index (χ1v) is 7.82. The third kappa shape index (κ3) is 5.27. The third-order valence-corrected chi connectivity index (χ3v) is 3.42. The Labute approximate surface area is 152 Å². The molecule has 3 aromatic rings. The lowest BCUT2D eigenvalue weighted by atomic mass is 10.2. The minimum atomic E-state index is -4.81. The molecule has 5 nitrogen and oxygen atoms in total. The van der Waals surface area contributed by atoms with Crippen molar-refractivity contribution in [3.05, 3.63) is 78.3 Å². The Kier molecular flexibility index (Phi) is 5.35. The zero-order chi connectivity index (χ0) is 19.3. The van der Waals surface area contributed by atoms with Crippen LogP contribution in [0.5, 0.6) is 11.5 Å². The van der Waals surface area contributed by atoms with Gasteiger partial charge in [0.05, 0.1) is 6.26 Å². The van der Waals surface area contributed by atoms with Gasteiger partial charge in [0.15, 0.2) is 5.76 Å². The van der Waals surface area contributed by atoms with Crippen LogP contribution in [0, 0.1) is 0 Å². The Balaban J connectivity index is 1.67. The van der Waals surface area contributed by atoms with Crippen molar-refractivity contribution in [2.75, 3.05) is 5.32 Å². The van der Waals surface area contributed by atoms with E-state index in [2.05, 4.69) is 10.1 Å². The maximum absolute atomic E-state index is 12.4. The fourth-order valence-corrected chi connectivity index (χ4v) is 2.29. The molecule has 0 saturated heterocycles. The smallest absolute Gasteiger partial charge is 0.489 e. The summed E-state index contributed by atoms with van der Waals surface area (Å²) in [6.07, 6.45) is -3.48. The van der Waals surface area contributed by atoms with Gasteiger partial charge in [0.1, 0.15) is 18.1 Å². The number of benzene rings is 2. The number of ether oxygens (including phenoxy) is 2. The summed E-state index contributed by atoms with van der Waals surface area (Å²) in [6.45, 7) is 0.0977. The molecule has 0 radical (unpaired) electrons. The second-order valence-corrected chi connectivity index (χ2v) is 5.41. The van der Waals surface area contributed by atoms with Crippen molar-refractivity contribution in [2.24, 2.45) is 0 Å². The van der Waals surface area contributed by atoms with Gasteiger partial charge in [-0.25, -0.2) is 0 Å². The van der Waals surface area contributed by atoms with Gasteiger partial charge in [0, 0.05) is 17.3 Å². The predicted octanol–water partition coefficient (Wildman–Crippen LogP) is 5.01. The summed E-state index contributed by atoms with van der Waals surface area (Å²) in [6, 6.07) is 15.6. The number of carbonyl (C=O) groups is 1. The highest BCUT2D eigenvalue weighted by Crippen LogP contribution is 2.25. The summed E-state index contributed by atoms with van der Waals surface area (Å²) in [5, 5.41) is 2.47. The molecule has 3 rings (SSSR count). The van der Waals surface area contributed by atoms with Crippen molar-refractivity contribution in [1.29, 1.82) is 0 Å². The third-order valence-electron chi connectivity index (χ3n) is 3.42. The van der Waals surface area contributed by atoms with Crippen LogP contribution in [-0.2, 0) is 6.61 Å². The van der Waals surface area contributed by atoms with Crippen molar-refractivity contribution in [3.8, 4) is 11.5 Å². The van der Waals surface area contributed by atoms with Gasteiger partial charge in [-0.3, -0.25) is 4.79 Å². The summed E-state index contributed by atoms with van der Waals surface area (Å²) in [5.74, 6) is -0.418. The van der Waals surface area contributed by atoms with Crippen molar-refractivity contribution in [3.63, 3.8) is 0 Å². The summed E-state index contributed by atoms with van der Waals surface area (Å²) in [7, 11) is 0. The van der Waals surface area contributed by atoms with E-state index in [-0.39, 0.29) is 18.1 Å². The molecule has 1 N–H and O–H groups in total. The molecule has 0 aliphatic carbocycles. The van der Waals surface area contributed by atoms with Gasteiger partial charge in [0.2, 0.25) is 0 Å². The predicted molar refractivity (Wildman–Crippen MR) is 90.6 cm³/mol. The number of para-hydroxylation sites is 1. The van der Waals surface area contributed by atoms with Crippen LogP contribution < -0.4 is 14.8 Å². The van der Waals surface area contributed by atoms with Gasteiger partial charge >= 0.3 is 6.36 Å². The van der Waals surface area contributed by atoms with E-state index in [1.54, 1.807) is 18.2 Å². The molecule has 0 fully saturated rings. The number of rotatable bonds is 6. The molecule has 8 heteroatoms. The number of anilines is 1. The van der Waals surface area contributed by atoms with Crippen molar-refractivity contribution < 1.29 is 31.9 Å². The van der Waals surface area contributed by atoms with Crippen LogP contribution in [0.2, 0.25) is 0 Å². The molecule has 0 aliphatic rings. The Morgan fingerprint density at radius 1 is 1.00 bits per heavy atom. The Bertz CT molecular complexity index is 907. The molecule has 0 unspecified atom stereocenters. The number of furan rings is 1. The fourth-order valence-electron chi connectivity index (χ4n) is 2.29. The van der Waals surface area contributed by atoms with Gasteiger partial charge in [-0.1, -0.05) is 24.3 Å². The van der Waals surface area contributed by atoms with E-state index < -0.39 is 18.0 Å². The van der Waals surface area contributed by atoms with Gasteiger partial charge in [-0.2, -0.15) is 0 Å². The summed E-state index contributed by atoms with van der Waals surface area (Å²) in [5.41, 5.74) is 0.632. The molecule has 0 bridgehead atoms. The fraction of sp³-hybridized carbons (Fsp3) is 0.105. The van der Waals surface area contributed by atoms with Crippen LogP contribution >= 0.6 is 0 Å². The summed E-state index contributed by atoms with van der Waals surface area (Å²) in [4.78, 5) is 12.4. The van der Waals surface area contributed by atoms with Crippen LogP contribution in [0.15, 0.2) is 71.3 Å². The van der Waals surface area contributed by atoms with Crippen LogP contribution in [0.1, 0.15) is 16.1 Å². The maximum atomic E-state index is 12.4. The minimum Gasteiger partial charge on any atom is -0.489 e. The molecule has 1 heterocycles. The molecule has 2 aromatic carbocycles. The van der Waals surface area contributed by atoms with E-state index in [9.17, 15) is 18.0 Å². The van der Waals surface area contributed by atoms with E-state index in [4.69, 9.17) is 9.15 Å². The number of halogens is 3. The lowest BCUT2D eigenvalue weighted by Gasteiger charge is -2.11. The molecule has 0 spiro atoms. The quantitative estimate of drug-likeness (QED) is 0.656. The van der Waals surface area contributed by atoms with E-state index >= 15 is 0 Å². The molecule has 0 atom stereocenters. The molecular formula is C19H14F3NO4. The number of alkyl halides is 3. The van der Waals surface area contributed by atoms with Crippen LogP contribution in [0.3, 0.4) is 0 Å². The average Bonchev–Trinajstić information content (AvgIpc) is 3.08. The highest BCUT2D eigenvalue weighted by Gasteiger charge is 2.31. The molecular weight excluding hydrogens is 363 g/mol. The number of amides is 1. The van der Waals surface area contributed by atoms with E-state index in [0.29, 0.717) is 11.3 Å². The van der Waals surface area contributed by atoms with Gasteiger partial charge in [-0.05, 0) is 30.3 Å². The second-order valence-electron chi connectivity index (χ2n) is 5.41. The molecule has 140 valence electrons. The van der Waals surface area contributed by atoms with E-state index in [1.165, 1.54) is 18.4 Å². The zero-order valence-electron chi connectivity index (χ0n) is 13.8. The largest absolute Gasteiger partial charge is 0.573 e. The monoisotopic (exact) mass is 377 g/mol. The summed E-state index contributed by atoms with van der Waals surface area (Å²) < 4.78 is 51.5.